The van der Waals surface area contributed by atoms with Gasteiger partial charge >= 0.3 is 0 Å². The van der Waals surface area contributed by atoms with Crippen molar-refractivity contribution in [3.63, 3.8) is 0 Å². The number of carbonyl (C=O) groups is 2. The molecule has 0 radical (unpaired) electrons. The maximum absolute atomic E-state index is 13.0. The number of fused-ring (bicyclic) bond motifs is 1. The highest BCUT2D eigenvalue weighted by Gasteiger charge is 2.67. The highest BCUT2D eigenvalue weighted by molar-refractivity contribution is 6.53. The van der Waals surface area contributed by atoms with Crippen LogP contribution in [-0.2, 0) is 4.79 Å². The first-order chi connectivity index (χ1) is 17.0. The number of aromatic amines is 1. The summed E-state index contributed by atoms with van der Waals surface area (Å²) in [6, 6.07) is 14.6. The van der Waals surface area contributed by atoms with Crippen molar-refractivity contribution in [2.75, 3.05) is 10.6 Å². The van der Waals surface area contributed by atoms with Gasteiger partial charge in [0.05, 0.1) is 27.5 Å². The minimum atomic E-state index is -1.33. The summed E-state index contributed by atoms with van der Waals surface area (Å²) < 4.78 is -1.33. The lowest BCUT2D eigenvalue weighted by atomic mass is 10.1. The average Bonchev–Trinajstić information content (AvgIpc) is 3.18. The number of aromatic nitrogens is 2. The van der Waals surface area contributed by atoms with Crippen LogP contribution in [0.15, 0.2) is 54.6 Å². The first-order valence-corrected chi connectivity index (χ1v) is 12.7. The number of amides is 2. The Hall–Kier alpha value is -2.19. The number of nitrogens with one attached hydrogen (secondary N) is 3. The molecule has 1 aliphatic carbocycles. The van der Waals surface area contributed by atoms with Gasteiger partial charge in [-0.05, 0) is 71.8 Å². The van der Waals surface area contributed by atoms with E-state index in [1.165, 1.54) is 12.1 Å². The fourth-order valence-corrected chi connectivity index (χ4v) is 5.84. The summed E-state index contributed by atoms with van der Waals surface area (Å²) in [5.41, 5.74) is 3.00. The Bertz CT molecular complexity index is 1520. The van der Waals surface area contributed by atoms with E-state index in [-0.39, 0.29) is 15.9 Å². The number of alkyl halides is 2. The second kappa shape index (κ2) is 9.60. The summed E-state index contributed by atoms with van der Waals surface area (Å²) >= 11 is 37.2. The molecule has 1 heterocycles. The Kier molecular flexibility index (Phi) is 6.79. The number of H-pyrrole nitrogens is 1. The molecule has 12 heteroatoms. The van der Waals surface area contributed by atoms with Crippen molar-refractivity contribution in [3.8, 4) is 0 Å². The predicted octanol–water partition coefficient (Wildman–Crippen LogP) is 7.95. The summed E-state index contributed by atoms with van der Waals surface area (Å²) in [7, 11) is 0. The van der Waals surface area contributed by atoms with E-state index in [1.807, 2.05) is 0 Å². The number of hydrogen-bond acceptors (Lipinski definition) is 3. The number of carbonyl (C=O) groups excluding carboxylic acids is 2. The van der Waals surface area contributed by atoms with Crippen molar-refractivity contribution in [1.82, 2.24) is 9.97 Å². The molecule has 2 unspecified atom stereocenters. The predicted molar refractivity (Wildman–Crippen MR) is 146 cm³/mol. The SMILES string of the molecule is O=C(Nc1ccc2nc(Cl)[nH]c2c1)c1cc(NC(=O)C2C(c3cc(Cl)cc(Cl)c3)C2(Cl)Cl)ccc1Cl. The summed E-state index contributed by atoms with van der Waals surface area (Å²) in [4.78, 5) is 33.0. The number of nitrogens with zero attached hydrogens (tertiary/aromatic N) is 1. The van der Waals surface area contributed by atoms with Gasteiger partial charge < -0.3 is 15.6 Å². The standard InChI is InChI=1S/C24H14Cl6N4O2/c25-11-5-10(6-12(26)7-11)19-20(24(19,29)30)22(36)32-13-1-3-16(27)15(8-13)21(35)31-14-2-4-17-18(9-14)34-23(28)33-17/h1-9,19-20H,(H,31,35)(H,32,36)(H,33,34). The average molecular weight is 603 g/mol. The van der Waals surface area contributed by atoms with Crippen molar-refractivity contribution in [3.05, 3.63) is 86.1 Å². The van der Waals surface area contributed by atoms with Gasteiger partial charge in [0.2, 0.25) is 11.2 Å². The lowest BCUT2D eigenvalue weighted by Gasteiger charge is -2.10. The highest BCUT2D eigenvalue weighted by Crippen LogP contribution is 2.65. The Balaban J connectivity index is 1.32. The van der Waals surface area contributed by atoms with Crippen molar-refractivity contribution >= 4 is 104 Å². The quantitative estimate of drug-likeness (QED) is 0.203. The zero-order chi connectivity index (χ0) is 25.8. The highest BCUT2D eigenvalue weighted by atomic mass is 35.5. The minimum absolute atomic E-state index is 0.161. The van der Waals surface area contributed by atoms with E-state index in [2.05, 4.69) is 20.6 Å². The van der Waals surface area contributed by atoms with Crippen LogP contribution < -0.4 is 10.6 Å². The van der Waals surface area contributed by atoms with Gasteiger partial charge in [0.1, 0.15) is 4.33 Å². The molecule has 0 aliphatic heterocycles. The fourth-order valence-electron chi connectivity index (χ4n) is 4.07. The molecule has 184 valence electrons. The first kappa shape index (κ1) is 25.5. The van der Waals surface area contributed by atoms with Crippen LogP contribution in [0.1, 0.15) is 21.8 Å². The smallest absolute Gasteiger partial charge is 0.257 e. The number of halogens is 6. The number of rotatable bonds is 5. The van der Waals surface area contributed by atoms with Crippen LogP contribution in [0.3, 0.4) is 0 Å². The van der Waals surface area contributed by atoms with Gasteiger partial charge in [0, 0.05) is 27.3 Å². The van der Waals surface area contributed by atoms with E-state index < -0.39 is 28.0 Å². The molecule has 36 heavy (non-hydrogen) atoms. The molecule has 2 amide bonds. The van der Waals surface area contributed by atoms with Gasteiger partial charge in [-0.15, -0.1) is 23.2 Å². The van der Waals surface area contributed by atoms with E-state index in [9.17, 15) is 9.59 Å². The zero-order valence-electron chi connectivity index (χ0n) is 17.9. The van der Waals surface area contributed by atoms with Gasteiger partial charge in [-0.25, -0.2) is 4.98 Å². The third-order valence-electron chi connectivity index (χ3n) is 5.77. The monoisotopic (exact) mass is 600 g/mol. The van der Waals surface area contributed by atoms with Gasteiger partial charge in [-0.1, -0.05) is 34.8 Å². The second-order valence-electron chi connectivity index (χ2n) is 8.23. The summed E-state index contributed by atoms with van der Waals surface area (Å²) in [6.07, 6.45) is 0. The normalized spacial score (nSPS) is 18.2. The van der Waals surface area contributed by atoms with Crippen LogP contribution in [0.25, 0.3) is 11.0 Å². The topological polar surface area (TPSA) is 86.9 Å². The van der Waals surface area contributed by atoms with Crippen LogP contribution in [0, 0.1) is 5.92 Å². The third-order valence-corrected chi connectivity index (χ3v) is 7.65. The second-order valence-corrected chi connectivity index (χ2v) is 11.3. The number of hydrogen-bond donors (Lipinski definition) is 3. The maximum Gasteiger partial charge on any atom is 0.257 e. The molecule has 1 fully saturated rings. The molecule has 4 aromatic rings. The zero-order valence-corrected chi connectivity index (χ0v) is 22.4. The Morgan fingerprint density at radius 1 is 0.861 bits per heavy atom. The fraction of sp³-hybridized carbons (Fsp3) is 0.125. The molecule has 0 spiro atoms. The molecule has 3 N–H and O–H groups in total. The molecule has 3 aromatic carbocycles. The van der Waals surface area contributed by atoms with E-state index in [1.54, 1.807) is 42.5 Å². The van der Waals surface area contributed by atoms with E-state index in [0.717, 1.165) is 0 Å². The van der Waals surface area contributed by atoms with Crippen LogP contribution in [0.4, 0.5) is 11.4 Å². The minimum Gasteiger partial charge on any atom is -0.329 e. The molecule has 6 nitrogen and oxygen atoms in total. The molecule has 1 aliphatic rings. The first-order valence-electron chi connectivity index (χ1n) is 10.4. The van der Waals surface area contributed by atoms with Crippen molar-refractivity contribution in [2.24, 2.45) is 5.92 Å². The molecule has 1 aromatic heterocycles. The summed E-state index contributed by atoms with van der Waals surface area (Å²) in [5.74, 6) is -2.14. The summed E-state index contributed by atoms with van der Waals surface area (Å²) in [5, 5.41) is 6.81. The van der Waals surface area contributed by atoms with Crippen LogP contribution in [0.5, 0.6) is 0 Å². The lowest BCUT2D eigenvalue weighted by molar-refractivity contribution is -0.117. The Morgan fingerprint density at radius 3 is 2.25 bits per heavy atom. The van der Waals surface area contributed by atoms with E-state index in [4.69, 9.17) is 69.6 Å². The molecular formula is C24H14Cl6N4O2. The number of anilines is 2. The largest absolute Gasteiger partial charge is 0.329 e. The molecule has 5 rings (SSSR count). The van der Waals surface area contributed by atoms with E-state index in [0.29, 0.717) is 38.0 Å². The van der Waals surface area contributed by atoms with Gasteiger partial charge in [0.15, 0.2) is 0 Å². The summed E-state index contributed by atoms with van der Waals surface area (Å²) in [6.45, 7) is 0. The number of imidazole rings is 1. The molecule has 1 saturated carbocycles. The van der Waals surface area contributed by atoms with Gasteiger partial charge in [-0.3, -0.25) is 9.59 Å². The van der Waals surface area contributed by atoms with Gasteiger partial charge in [0.25, 0.3) is 5.91 Å². The molecule has 2 atom stereocenters. The lowest BCUT2D eigenvalue weighted by Crippen LogP contribution is -2.18. The molecule has 0 bridgehead atoms. The van der Waals surface area contributed by atoms with Crippen LogP contribution in [-0.4, -0.2) is 26.1 Å². The van der Waals surface area contributed by atoms with E-state index >= 15 is 0 Å². The van der Waals surface area contributed by atoms with Gasteiger partial charge in [-0.2, -0.15) is 0 Å². The van der Waals surface area contributed by atoms with Crippen LogP contribution in [0.2, 0.25) is 20.4 Å². The third kappa shape index (κ3) is 4.99. The Morgan fingerprint density at radius 2 is 1.53 bits per heavy atom. The van der Waals surface area contributed by atoms with Crippen molar-refractivity contribution < 1.29 is 9.59 Å². The molecule has 0 saturated heterocycles. The van der Waals surface area contributed by atoms with Crippen LogP contribution >= 0.6 is 69.6 Å². The van der Waals surface area contributed by atoms with Crippen molar-refractivity contribution in [2.45, 2.75) is 10.3 Å². The van der Waals surface area contributed by atoms with Crippen molar-refractivity contribution in [1.29, 1.82) is 0 Å². The number of benzene rings is 3. The maximum atomic E-state index is 13.0. The Labute approximate surface area is 235 Å². The molecular weight excluding hydrogens is 589 g/mol.